The molecule has 1 aromatic heterocycles. The molecule has 1 atom stereocenters. The predicted octanol–water partition coefficient (Wildman–Crippen LogP) is 2.63. The Hall–Kier alpha value is -0.930. The van der Waals surface area contributed by atoms with Crippen LogP contribution in [0.4, 0.5) is 0 Å². The molecule has 0 aliphatic heterocycles. The van der Waals surface area contributed by atoms with Gasteiger partial charge in [-0.2, -0.15) is 0 Å². The molecular formula is C13H21NO2. The minimum absolute atomic E-state index is 0.190. The van der Waals surface area contributed by atoms with E-state index in [0.717, 1.165) is 17.7 Å². The Labute approximate surface area is 97.5 Å². The lowest BCUT2D eigenvalue weighted by molar-refractivity contribution is 0.00241. The Balaban J connectivity index is 2.56. The van der Waals surface area contributed by atoms with Gasteiger partial charge in [0.2, 0.25) is 0 Å². The summed E-state index contributed by atoms with van der Waals surface area (Å²) in [6.07, 6.45) is 2.70. The van der Waals surface area contributed by atoms with Gasteiger partial charge in [0, 0.05) is 13.3 Å². The second-order valence-electron chi connectivity index (χ2n) is 4.78. The highest BCUT2D eigenvalue weighted by Gasteiger charge is 2.19. The normalized spacial score (nSPS) is 13.8. The van der Waals surface area contributed by atoms with Gasteiger partial charge in [0.15, 0.2) is 0 Å². The number of aryl methyl sites for hydroxylation is 1. The molecule has 0 saturated heterocycles. The van der Waals surface area contributed by atoms with E-state index >= 15 is 0 Å². The monoisotopic (exact) mass is 223 g/mol. The van der Waals surface area contributed by atoms with E-state index in [-0.39, 0.29) is 5.60 Å². The highest BCUT2D eigenvalue weighted by molar-refractivity contribution is 5.16. The van der Waals surface area contributed by atoms with Crippen LogP contribution < -0.4 is 0 Å². The van der Waals surface area contributed by atoms with Crippen LogP contribution in [-0.4, -0.2) is 22.8 Å². The fraction of sp³-hybridized carbons (Fsp3) is 0.615. The molecule has 0 saturated carbocycles. The van der Waals surface area contributed by atoms with Crippen molar-refractivity contribution in [2.45, 2.75) is 45.3 Å². The maximum absolute atomic E-state index is 9.99. The van der Waals surface area contributed by atoms with Crippen molar-refractivity contribution in [2.24, 2.45) is 0 Å². The van der Waals surface area contributed by atoms with E-state index < -0.39 is 6.10 Å². The van der Waals surface area contributed by atoms with E-state index in [9.17, 15) is 5.11 Å². The number of aliphatic hydroxyl groups is 1. The second-order valence-corrected chi connectivity index (χ2v) is 4.78. The van der Waals surface area contributed by atoms with E-state index in [0.29, 0.717) is 6.42 Å². The van der Waals surface area contributed by atoms with Crippen molar-refractivity contribution in [3.63, 3.8) is 0 Å². The summed E-state index contributed by atoms with van der Waals surface area (Å²) in [6.45, 7) is 6.03. The van der Waals surface area contributed by atoms with Gasteiger partial charge < -0.3 is 9.84 Å². The average Bonchev–Trinajstić information content (AvgIpc) is 2.26. The molecule has 0 aliphatic carbocycles. The molecule has 3 nitrogen and oxygen atoms in total. The van der Waals surface area contributed by atoms with Gasteiger partial charge in [-0.3, -0.25) is 4.98 Å². The zero-order valence-electron chi connectivity index (χ0n) is 10.5. The number of aromatic nitrogens is 1. The number of rotatable bonds is 5. The van der Waals surface area contributed by atoms with E-state index in [1.54, 1.807) is 13.3 Å². The van der Waals surface area contributed by atoms with Crippen LogP contribution in [0.5, 0.6) is 0 Å². The molecule has 1 aromatic rings. The molecule has 3 heteroatoms. The van der Waals surface area contributed by atoms with Crippen LogP contribution in [0.25, 0.3) is 0 Å². The minimum Gasteiger partial charge on any atom is -0.387 e. The molecule has 1 rings (SSSR count). The van der Waals surface area contributed by atoms with Crippen molar-refractivity contribution < 1.29 is 9.84 Å². The molecule has 1 N–H and O–H groups in total. The minimum atomic E-state index is -0.505. The first-order chi connectivity index (χ1) is 7.44. The van der Waals surface area contributed by atoms with Gasteiger partial charge in [-0.15, -0.1) is 0 Å². The van der Waals surface area contributed by atoms with Crippen molar-refractivity contribution in [3.05, 3.63) is 29.6 Å². The molecular weight excluding hydrogens is 202 g/mol. The van der Waals surface area contributed by atoms with Crippen LogP contribution in [0.1, 0.15) is 44.1 Å². The smallest absolute Gasteiger partial charge is 0.0960 e. The van der Waals surface area contributed by atoms with Gasteiger partial charge in [0.05, 0.1) is 17.4 Å². The summed E-state index contributed by atoms with van der Waals surface area (Å²) in [6, 6.07) is 3.85. The van der Waals surface area contributed by atoms with Crippen molar-refractivity contribution in [1.82, 2.24) is 4.98 Å². The van der Waals surface area contributed by atoms with Gasteiger partial charge >= 0.3 is 0 Å². The summed E-state index contributed by atoms with van der Waals surface area (Å²) in [5, 5.41) is 9.99. The summed E-state index contributed by atoms with van der Waals surface area (Å²) < 4.78 is 5.32. The first-order valence-electron chi connectivity index (χ1n) is 5.60. The number of aliphatic hydroxyl groups excluding tert-OH is 1. The lowest BCUT2D eigenvalue weighted by Gasteiger charge is -2.24. The molecule has 0 aliphatic rings. The summed E-state index contributed by atoms with van der Waals surface area (Å²) >= 11 is 0. The summed E-state index contributed by atoms with van der Waals surface area (Å²) in [4.78, 5) is 4.18. The standard InChI is InChI=1S/C13H21NO2/c1-10-6-8-14-11(9-10)12(15)5-7-13(2,3)16-4/h6,8-9,12,15H,5,7H2,1-4H3. The van der Waals surface area contributed by atoms with Crippen LogP contribution in [0, 0.1) is 6.92 Å². The Kier molecular flexibility index (Phi) is 4.44. The van der Waals surface area contributed by atoms with Crippen LogP contribution in [0.2, 0.25) is 0 Å². The van der Waals surface area contributed by atoms with Gasteiger partial charge in [-0.05, 0) is 51.3 Å². The molecule has 0 amide bonds. The molecule has 16 heavy (non-hydrogen) atoms. The van der Waals surface area contributed by atoms with Crippen molar-refractivity contribution in [2.75, 3.05) is 7.11 Å². The number of ether oxygens (including phenoxy) is 1. The maximum Gasteiger partial charge on any atom is 0.0960 e. The number of hydrogen-bond donors (Lipinski definition) is 1. The second kappa shape index (κ2) is 5.41. The zero-order chi connectivity index (χ0) is 12.2. The lowest BCUT2D eigenvalue weighted by Crippen LogP contribution is -2.23. The quantitative estimate of drug-likeness (QED) is 0.834. The first kappa shape index (κ1) is 13.1. The molecule has 0 aromatic carbocycles. The summed E-state index contributed by atoms with van der Waals surface area (Å²) in [5.41, 5.74) is 1.67. The largest absolute Gasteiger partial charge is 0.387 e. The van der Waals surface area contributed by atoms with Crippen LogP contribution in [-0.2, 0) is 4.74 Å². The first-order valence-corrected chi connectivity index (χ1v) is 5.60. The third kappa shape index (κ3) is 3.91. The van der Waals surface area contributed by atoms with Crippen LogP contribution in [0.3, 0.4) is 0 Å². The maximum atomic E-state index is 9.99. The molecule has 1 unspecified atom stereocenters. The summed E-state index contributed by atoms with van der Waals surface area (Å²) in [5.74, 6) is 0. The van der Waals surface area contributed by atoms with E-state index in [4.69, 9.17) is 4.74 Å². The molecule has 1 heterocycles. The topological polar surface area (TPSA) is 42.4 Å². The van der Waals surface area contributed by atoms with E-state index in [1.807, 2.05) is 32.9 Å². The third-order valence-electron chi connectivity index (χ3n) is 2.85. The van der Waals surface area contributed by atoms with Crippen molar-refractivity contribution in [1.29, 1.82) is 0 Å². The third-order valence-corrected chi connectivity index (χ3v) is 2.85. The van der Waals surface area contributed by atoms with Gasteiger partial charge in [0.1, 0.15) is 0 Å². The fourth-order valence-corrected chi connectivity index (χ4v) is 1.48. The fourth-order valence-electron chi connectivity index (χ4n) is 1.48. The Bertz CT molecular complexity index is 336. The summed E-state index contributed by atoms with van der Waals surface area (Å²) in [7, 11) is 1.69. The highest BCUT2D eigenvalue weighted by Crippen LogP contribution is 2.23. The highest BCUT2D eigenvalue weighted by atomic mass is 16.5. The number of methoxy groups -OCH3 is 1. The van der Waals surface area contributed by atoms with Gasteiger partial charge in [-0.25, -0.2) is 0 Å². The molecule has 90 valence electrons. The van der Waals surface area contributed by atoms with Crippen LogP contribution in [0.15, 0.2) is 18.3 Å². The number of hydrogen-bond acceptors (Lipinski definition) is 3. The van der Waals surface area contributed by atoms with E-state index in [2.05, 4.69) is 4.98 Å². The molecule has 0 fully saturated rings. The molecule has 0 spiro atoms. The SMILES string of the molecule is COC(C)(C)CCC(O)c1cc(C)ccn1. The van der Waals surface area contributed by atoms with Gasteiger partial charge in [-0.1, -0.05) is 0 Å². The van der Waals surface area contributed by atoms with Crippen molar-refractivity contribution in [3.8, 4) is 0 Å². The Morgan fingerprint density at radius 3 is 2.75 bits per heavy atom. The van der Waals surface area contributed by atoms with Crippen molar-refractivity contribution >= 4 is 0 Å². The van der Waals surface area contributed by atoms with E-state index in [1.165, 1.54) is 0 Å². The van der Waals surface area contributed by atoms with Crippen LogP contribution >= 0.6 is 0 Å². The number of pyridine rings is 1. The van der Waals surface area contributed by atoms with Gasteiger partial charge in [0.25, 0.3) is 0 Å². The predicted molar refractivity (Wildman–Crippen MR) is 64.3 cm³/mol. The Morgan fingerprint density at radius 2 is 2.19 bits per heavy atom. The molecule has 0 radical (unpaired) electrons. The average molecular weight is 223 g/mol. The zero-order valence-corrected chi connectivity index (χ0v) is 10.5. The number of nitrogens with zero attached hydrogens (tertiary/aromatic N) is 1. The lowest BCUT2D eigenvalue weighted by atomic mass is 9.98. The Morgan fingerprint density at radius 1 is 1.50 bits per heavy atom. The molecule has 0 bridgehead atoms.